The molecular formula is C9H11NO7P2. The van der Waals surface area contributed by atoms with Gasteiger partial charge in [0.25, 0.3) is 0 Å². The Morgan fingerprint density at radius 2 is 1.53 bits per heavy atom. The summed E-state index contributed by atoms with van der Waals surface area (Å²) in [5.74, 6) is 0. The number of benzene rings is 1. The molecule has 0 aromatic heterocycles. The maximum atomic E-state index is 11.4. The van der Waals surface area contributed by atoms with E-state index in [-0.39, 0.29) is 5.70 Å². The first-order valence-electron chi connectivity index (χ1n) is 5.01. The third-order valence-corrected chi connectivity index (χ3v) is 6.24. The first kappa shape index (κ1) is 14.4. The summed E-state index contributed by atoms with van der Waals surface area (Å²) in [7, 11) is -10.5. The Morgan fingerprint density at radius 1 is 1.00 bits per heavy atom. The topological polar surface area (TPSA) is 136 Å². The number of nitrogens with one attached hydrogen (secondary N) is 1. The molecule has 19 heavy (non-hydrogen) atoms. The number of hydrogen-bond donors (Lipinski definition) is 5. The van der Waals surface area contributed by atoms with Crippen molar-refractivity contribution in [3.05, 3.63) is 42.0 Å². The fourth-order valence-electron chi connectivity index (χ4n) is 1.59. The molecule has 1 aromatic rings. The largest absolute Gasteiger partial charge is 0.376 e. The molecule has 0 saturated heterocycles. The van der Waals surface area contributed by atoms with Crippen LogP contribution < -0.4 is 5.48 Å². The second kappa shape index (κ2) is 4.54. The zero-order chi connectivity index (χ0) is 14.3. The molecule has 0 spiro atoms. The van der Waals surface area contributed by atoms with Gasteiger partial charge in [-0.15, -0.1) is 0 Å². The average Bonchev–Trinajstić information content (AvgIpc) is 2.75. The molecule has 0 radical (unpaired) electrons. The van der Waals surface area contributed by atoms with Crippen molar-refractivity contribution >= 4 is 20.9 Å². The second-order valence-electron chi connectivity index (χ2n) is 3.87. The highest BCUT2D eigenvalue weighted by atomic mass is 31.2. The Hall–Kier alpha value is -0.980. The van der Waals surface area contributed by atoms with Gasteiger partial charge in [-0.1, -0.05) is 30.3 Å². The maximum absolute atomic E-state index is 11.4. The Morgan fingerprint density at radius 3 is 1.95 bits per heavy atom. The minimum atomic E-state index is -5.25. The molecule has 0 bridgehead atoms. The third-order valence-electron chi connectivity index (χ3n) is 2.56. The summed E-state index contributed by atoms with van der Waals surface area (Å²) in [6, 6.07) is 8.23. The van der Waals surface area contributed by atoms with Gasteiger partial charge in [-0.2, -0.15) is 0 Å². The number of rotatable bonds is 3. The van der Waals surface area contributed by atoms with Crippen molar-refractivity contribution in [2.45, 2.75) is 5.08 Å². The van der Waals surface area contributed by atoms with Crippen LogP contribution in [0, 0.1) is 0 Å². The summed E-state index contributed by atoms with van der Waals surface area (Å²) in [6.45, 7) is 0. The van der Waals surface area contributed by atoms with Crippen LogP contribution in [0.25, 0.3) is 5.70 Å². The predicted octanol–water partition coefficient (Wildman–Crippen LogP) is 0.571. The summed E-state index contributed by atoms with van der Waals surface area (Å²) in [4.78, 5) is 41.3. The van der Waals surface area contributed by atoms with E-state index in [1.165, 1.54) is 0 Å². The molecule has 1 aliphatic rings. The van der Waals surface area contributed by atoms with Gasteiger partial charge in [-0.25, -0.2) is 4.84 Å². The molecular weight excluding hydrogens is 296 g/mol. The van der Waals surface area contributed by atoms with Crippen molar-refractivity contribution in [3.63, 3.8) is 0 Å². The summed E-state index contributed by atoms with van der Waals surface area (Å²) >= 11 is 0. The molecule has 1 aromatic carbocycles. The van der Waals surface area contributed by atoms with Crippen LogP contribution in [0.5, 0.6) is 0 Å². The smallest absolute Gasteiger partial charge is 0.322 e. The second-order valence-corrected chi connectivity index (χ2v) is 7.73. The minimum absolute atomic E-state index is 0.0762. The molecule has 0 amide bonds. The fraction of sp³-hybridized carbons (Fsp3) is 0.111. The molecule has 2 rings (SSSR count). The zero-order valence-corrected chi connectivity index (χ0v) is 11.2. The molecule has 104 valence electrons. The first-order valence-corrected chi connectivity index (χ1v) is 8.23. The molecule has 1 aliphatic heterocycles. The number of hydroxylamine groups is 1. The van der Waals surface area contributed by atoms with Crippen LogP contribution in [0.15, 0.2) is 36.4 Å². The highest BCUT2D eigenvalue weighted by molar-refractivity contribution is 7.72. The van der Waals surface area contributed by atoms with Crippen molar-refractivity contribution in [1.82, 2.24) is 5.48 Å². The molecule has 0 aliphatic carbocycles. The van der Waals surface area contributed by atoms with Gasteiger partial charge in [0.15, 0.2) is 0 Å². The van der Waals surface area contributed by atoms with E-state index in [0.717, 1.165) is 6.08 Å². The quantitative estimate of drug-likeness (QED) is 0.511. The van der Waals surface area contributed by atoms with Crippen molar-refractivity contribution in [1.29, 1.82) is 0 Å². The zero-order valence-electron chi connectivity index (χ0n) is 9.37. The standard InChI is InChI=1S/C9H11NO7P2/c11-18(12,13)9(19(14,15)16)6-8(10-17-9)7-4-2-1-3-5-7/h1-6,10H,(H2,11,12,13)(H2,14,15,16). The van der Waals surface area contributed by atoms with Crippen molar-refractivity contribution in [2.75, 3.05) is 0 Å². The third kappa shape index (κ3) is 2.40. The van der Waals surface area contributed by atoms with Crippen LogP contribution in [0.1, 0.15) is 5.56 Å². The lowest BCUT2D eigenvalue weighted by molar-refractivity contribution is 0.0375. The number of hydrogen-bond acceptors (Lipinski definition) is 4. The van der Waals surface area contributed by atoms with Gasteiger partial charge in [-0.3, -0.25) is 14.6 Å². The predicted molar refractivity (Wildman–Crippen MR) is 65.5 cm³/mol. The van der Waals surface area contributed by atoms with Crippen molar-refractivity contribution in [3.8, 4) is 0 Å². The maximum Gasteiger partial charge on any atom is 0.376 e. The SMILES string of the molecule is O=P(O)(O)C1(P(=O)(O)O)C=C(c2ccccc2)NO1. The first-order chi connectivity index (χ1) is 8.67. The summed E-state index contributed by atoms with van der Waals surface area (Å²) < 4.78 is 22.7. The van der Waals surface area contributed by atoms with Gasteiger partial charge in [0, 0.05) is 6.08 Å². The van der Waals surface area contributed by atoms with Crippen LogP contribution in [0.3, 0.4) is 0 Å². The Kier molecular flexibility index (Phi) is 3.45. The molecule has 0 saturated carbocycles. The van der Waals surface area contributed by atoms with Crippen LogP contribution in [-0.4, -0.2) is 24.7 Å². The molecule has 10 heteroatoms. The van der Waals surface area contributed by atoms with Gasteiger partial charge < -0.3 is 19.6 Å². The normalized spacial score (nSPS) is 18.8. The molecule has 0 atom stereocenters. The summed E-state index contributed by atoms with van der Waals surface area (Å²) in [5, 5.41) is -2.99. The van der Waals surface area contributed by atoms with Gasteiger partial charge in [0.2, 0.25) is 0 Å². The van der Waals surface area contributed by atoms with E-state index in [0.29, 0.717) is 5.56 Å². The average molecular weight is 307 g/mol. The van der Waals surface area contributed by atoms with Crippen LogP contribution in [-0.2, 0) is 14.0 Å². The van der Waals surface area contributed by atoms with Crippen LogP contribution in [0.2, 0.25) is 0 Å². The summed E-state index contributed by atoms with van der Waals surface area (Å²) in [6.07, 6.45) is 0.726. The van der Waals surface area contributed by atoms with E-state index in [4.69, 9.17) is 0 Å². The van der Waals surface area contributed by atoms with E-state index >= 15 is 0 Å². The van der Waals surface area contributed by atoms with Gasteiger partial charge in [0.1, 0.15) is 0 Å². The highest BCUT2D eigenvalue weighted by Gasteiger charge is 2.64. The Balaban J connectivity index is 2.55. The van der Waals surface area contributed by atoms with Gasteiger partial charge >= 0.3 is 20.3 Å². The van der Waals surface area contributed by atoms with Crippen molar-refractivity contribution in [2.24, 2.45) is 0 Å². The molecule has 0 fully saturated rings. The lowest BCUT2D eigenvalue weighted by Gasteiger charge is -2.26. The summed E-state index contributed by atoms with van der Waals surface area (Å²) in [5.41, 5.74) is 2.71. The molecule has 1 heterocycles. The monoisotopic (exact) mass is 307 g/mol. The fourth-order valence-corrected chi connectivity index (χ4v) is 3.88. The van der Waals surface area contributed by atoms with E-state index in [1.807, 2.05) is 0 Å². The minimum Gasteiger partial charge on any atom is -0.322 e. The molecule has 0 unspecified atom stereocenters. The lowest BCUT2D eigenvalue weighted by Crippen LogP contribution is -2.29. The van der Waals surface area contributed by atoms with E-state index in [1.54, 1.807) is 30.3 Å². The Bertz CT molecular complexity index is 580. The highest BCUT2D eigenvalue weighted by Crippen LogP contribution is 2.71. The molecule has 8 nitrogen and oxygen atoms in total. The van der Waals surface area contributed by atoms with Gasteiger partial charge in [0.05, 0.1) is 5.70 Å². The van der Waals surface area contributed by atoms with E-state index < -0.39 is 20.3 Å². The Labute approximate surface area is 108 Å². The van der Waals surface area contributed by atoms with Crippen LogP contribution >= 0.6 is 15.2 Å². The molecule has 5 N–H and O–H groups in total. The lowest BCUT2D eigenvalue weighted by atomic mass is 10.1. The van der Waals surface area contributed by atoms with Gasteiger partial charge in [-0.05, 0) is 5.56 Å². The van der Waals surface area contributed by atoms with E-state index in [9.17, 15) is 28.7 Å². The van der Waals surface area contributed by atoms with Crippen molar-refractivity contribution < 1.29 is 33.5 Å². The van der Waals surface area contributed by atoms with Crippen LogP contribution in [0.4, 0.5) is 0 Å². The van der Waals surface area contributed by atoms with E-state index in [2.05, 4.69) is 10.3 Å².